The molecule has 1 fully saturated rings. The van der Waals surface area contributed by atoms with E-state index in [9.17, 15) is 4.80 Å². The third-order valence-corrected chi connectivity index (χ3v) is 6.64. The van der Waals surface area contributed by atoms with Crippen LogP contribution < -0.4 is 0 Å². The van der Waals surface area contributed by atoms with E-state index in [-0.39, 0.29) is 0 Å². The van der Waals surface area contributed by atoms with Crippen LogP contribution in [0.4, 0.5) is 0 Å². The summed E-state index contributed by atoms with van der Waals surface area (Å²) in [7, 11) is -1.94. The highest BCUT2D eigenvalue weighted by Crippen LogP contribution is 2.19. The minimum absolute atomic E-state index is 0.362. The molecule has 4 heteroatoms. The molecule has 1 aliphatic heterocycles. The molecule has 2 unspecified atom stereocenters. The van der Waals surface area contributed by atoms with Gasteiger partial charge in [-0.2, -0.15) is 0 Å². The Hall–Kier alpha value is 0.0969. The molecule has 0 aromatic rings. The normalized spacial score (nSPS) is 21.3. The van der Waals surface area contributed by atoms with Gasteiger partial charge in [-0.1, -0.05) is 45.4 Å². The van der Waals surface area contributed by atoms with Gasteiger partial charge < -0.3 is 14.3 Å². The van der Waals surface area contributed by atoms with Crippen LogP contribution in [0.2, 0.25) is 18.6 Å². The highest BCUT2D eigenvalue weighted by Gasteiger charge is 2.24. The second kappa shape index (κ2) is 9.92. The number of hydrogen-bond acceptors (Lipinski definition) is 3. The standard InChI is InChI=1S/C15H32O3Si/c1-3-4-5-6-7-8-11-19(2,16)12-9-10-17-13-15-14-18-15/h15-16H,3-14H2,1-2H3. The van der Waals surface area contributed by atoms with E-state index in [0.717, 1.165) is 38.3 Å². The van der Waals surface area contributed by atoms with Crippen molar-refractivity contribution in [2.45, 2.75) is 76.6 Å². The lowest BCUT2D eigenvalue weighted by Gasteiger charge is -2.20. The topological polar surface area (TPSA) is 42.0 Å². The summed E-state index contributed by atoms with van der Waals surface area (Å²) in [5.41, 5.74) is 0. The quantitative estimate of drug-likeness (QED) is 0.319. The molecule has 1 aliphatic rings. The van der Waals surface area contributed by atoms with E-state index in [2.05, 4.69) is 13.5 Å². The zero-order valence-corrected chi connectivity index (χ0v) is 13.8. The Balaban J connectivity index is 1.87. The third-order valence-electron chi connectivity index (χ3n) is 3.78. The molecular weight excluding hydrogens is 256 g/mol. The number of unbranched alkanes of at least 4 members (excludes halogenated alkanes) is 5. The average Bonchev–Trinajstić information content (AvgIpc) is 3.17. The summed E-state index contributed by atoms with van der Waals surface area (Å²) in [5, 5.41) is 0. The lowest BCUT2D eigenvalue weighted by atomic mass is 10.1. The maximum Gasteiger partial charge on any atom is 0.185 e. The Kier molecular flexibility index (Phi) is 8.95. The highest BCUT2D eigenvalue weighted by atomic mass is 28.4. The zero-order chi connectivity index (χ0) is 14.0. The van der Waals surface area contributed by atoms with E-state index in [0.29, 0.717) is 6.10 Å². The fraction of sp³-hybridized carbons (Fsp3) is 1.00. The molecule has 0 spiro atoms. The summed E-state index contributed by atoms with van der Waals surface area (Å²) < 4.78 is 10.6. The van der Waals surface area contributed by atoms with Crippen molar-refractivity contribution in [3.05, 3.63) is 0 Å². The molecule has 0 saturated carbocycles. The average molecular weight is 289 g/mol. The molecule has 0 aliphatic carbocycles. The molecule has 3 nitrogen and oxygen atoms in total. The molecule has 2 atom stereocenters. The van der Waals surface area contributed by atoms with Crippen LogP contribution in [-0.4, -0.2) is 39.0 Å². The SMILES string of the molecule is CCCCCCCC[Si](C)(O)CCCOCC1CO1. The van der Waals surface area contributed by atoms with Crippen LogP contribution in [0, 0.1) is 0 Å². The molecule has 0 amide bonds. The Morgan fingerprint density at radius 1 is 1.11 bits per heavy atom. The van der Waals surface area contributed by atoms with E-state index < -0.39 is 8.32 Å². The molecule has 0 aromatic carbocycles. The summed E-state index contributed by atoms with van der Waals surface area (Å²) in [6.07, 6.45) is 9.22. The first-order chi connectivity index (χ1) is 9.14. The fourth-order valence-electron chi connectivity index (χ4n) is 2.35. The van der Waals surface area contributed by atoms with Crippen LogP contribution in [0.1, 0.15) is 51.9 Å². The van der Waals surface area contributed by atoms with Gasteiger partial charge in [-0.15, -0.1) is 0 Å². The minimum Gasteiger partial charge on any atom is -0.432 e. The summed E-state index contributed by atoms with van der Waals surface area (Å²) >= 11 is 0. The number of hydrogen-bond donors (Lipinski definition) is 1. The predicted octanol–water partition coefficient (Wildman–Crippen LogP) is 3.72. The van der Waals surface area contributed by atoms with E-state index in [1.54, 1.807) is 0 Å². The van der Waals surface area contributed by atoms with Gasteiger partial charge in [-0.05, 0) is 25.1 Å². The first-order valence-corrected chi connectivity index (χ1v) is 10.9. The fourth-order valence-corrected chi connectivity index (χ4v) is 4.51. The second-order valence-electron chi connectivity index (χ2n) is 6.15. The second-order valence-corrected chi connectivity index (χ2v) is 10.1. The molecule has 0 radical (unpaired) electrons. The minimum atomic E-state index is -1.94. The van der Waals surface area contributed by atoms with Crippen molar-refractivity contribution in [3.8, 4) is 0 Å². The summed E-state index contributed by atoms with van der Waals surface area (Å²) in [6.45, 7) is 6.73. The molecule has 19 heavy (non-hydrogen) atoms. The van der Waals surface area contributed by atoms with Crippen LogP contribution in [0.25, 0.3) is 0 Å². The number of rotatable bonds is 13. The summed E-state index contributed by atoms with van der Waals surface area (Å²) in [6, 6.07) is 2.04. The zero-order valence-electron chi connectivity index (χ0n) is 12.8. The molecule has 0 bridgehead atoms. The van der Waals surface area contributed by atoms with Gasteiger partial charge in [0, 0.05) is 6.61 Å². The van der Waals surface area contributed by atoms with Crippen molar-refractivity contribution < 1.29 is 14.3 Å². The van der Waals surface area contributed by atoms with Crippen LogP contribution in [-0.2, 0) is 9.47 Å². The van der Waals surface area contributed by atoms with E-state index in [1.807, 2.05) is 0 Å². The van der Waals surface area contributed by atoms with Gasteiger partial charge in [0.2, 0.25) is 0 Å². The van der Waals surface area contributed by atoms with E-state index >= 15 is 0 Å². The molecule has 114 valence electrons. The smallest absolute Gasteiger partial charge is 0.185 e. The van der Waals surface area contributed by atoms with Gasteiger partial charge in [0.05, 0.1) is 13.2 Å². The van der Waals surface area contributed by atoms with Gasteiger partial charge >= 0.3 is 0 Å². The van der Waals surface area contributed by atoms with Gasteiger partial charge in [0.15, 0.2) is 8.32 Å². The maximum absolute atomic E-state index is 10.4. The summed E-state index contributed by atoms with van der Waals surface area (Å²) in [4.78, 5) is 10.4. The van der Waals surface area contributed by atoms with Crippen molar-refractivity contribution in [2.24, 2.45) is 0 Å². The Morgan fingerprint density at radius 2 is 1.74 bits per heavy atom. The molecule has 1 N–H and O–H groups in total. The van der Waals surface area contributed by atoms with Crippen LogP contribution >= 0.6 is 0 Å². The van der Waals surface area contributed by atoms with Crippen LogP contribution in [0.5, 0.6) is 0 Å². The molecular formula is C15H32O3Si. The Bertz CT molecular complexity index is 217. The van der Waals surface area contributed by atoms with Gasteiger partial charge in [0.1, 0.15) is 6.10 Å². The van der Waals surface area contributed by atoms with Crippen molar-refractivity contribution >= 4 is 8.32 Å². The Labute approximate surface area is 119 Å². The Morgan fingerprint density at radius 3 is 2.42 bits per heavy atom. The first-order valence-electron chi connectivity index (χ1n) is 8.06. The van der Waals surface area contributed by atoms with E-state index in [4.69, 9.17) is 9.47 Å². The van der Waals surface area contributed by atoms with Gasteiger partial charge in [-0.3, -0.25) is 0 Å². The molecule has 1 rings (SSSR count). The van der Waals surface area contributed by atoms with Crippen molar-refractivity contribution in [3.63, 3.8) is 0 Å². The lowest BCUT2D eigenvalue weighted by molar-refractivity contribution is 0.116. The maximum atomic E-state index is 10.4. The van der Waals surface area contributed by atoms with Crippen LogP contribution in [0.3, 0.4) is 0 Å². The molecule has 0 aromatic heterocycles. The van der Waals surface area contributed by atoms with Gasteiger partial charge in [-0.25, -0.2) is 0 Å². The third kappa shape index (κ3) is 10.5. The highest BCUT2D eigenvalue weighted by molar-refractivity contribution is 6.71. The molecule has 1 heterocycles. The number of epoxide rings is 1. The lowest BCUT2D eigenvalue weighted by Crippen LogP contribution is -2.29. The van der Waals surface area contributed by atoms with E-state index in [1.165, 1.54) is 38.5 Å². The predicted molar refractivity (Wildman–Crippen MR) is 82.0 cm³/mol. The largest absolute Gasteiger partial charge is 0.432 e. The first kappa shape index (κ1) is 17.1. The number of ether oxygens (including phenoxy) is 2. The van der Waals surface area contributed by atoms with Crippen molar-refractivity contribution in [1.29, 1.82) is 0 Å². The van der Waals surface area contributed by atoms with Crippen molar-refractivity contribution in [1.82, 2.24) is 0 Å². The van der Waals surface area contributed by atoms with Crippen molar-refractivity contribution in [2.75, 3.05) is 19.8 Å². The van der Waals surface area contributed by atoms with Gasteiger partial charge in [0.25, 0.3) is 0 Å². The monoisotopic (exact) mass is 288 g/mol. The molecule has 1 saturated heterocycles. The van der Waals surface area contributed by atoms with Crippen LogP contribution in [0.15, 0.2) is 0 Å². The summed E-state index contributed by atoms with van der Waals surface area (Å²) in [5.74, 6) is 0.